The number of amides is 1. The Bertz CT molecular complexity index is 1150. The molecule has 7 heteroatoms. The Labute approximate surface area is 179 Å². The molecule has 1 fully saturated rings. The van der Waals surface area contributed by atoms with Gasteiger partial charge in [-0.15, -0.1) is 0 Å². The molecule has 31 heavy (non-hydrogen) atoms. The highest BCUT2D eigenvalue weighted by Gasteiger charge is 2.47. The molecule has 1 aromatic carbocycles. The van der Waals surface area contributed by atoms with Crippen LogP contribution in [0, 0.1) is 6.92 Å². The Kier molecular flexibility index (Phi) is 5.58. The number of ether oxygens (including phenoxy) is 1. The monoisotopic (exact) mass is 418 g/mol. The molecule has 7 nitrogen and oxygen atoms in total. The minimum Gasteiger partial charge on any atom is -0.507 e. The van der Waals surface area contributed by atoms with Crippen molar-refractivity contribution < 1.29 is 23.8 Å². The van der Waals surface area contributed by atoms with Crippen LogP contribution in [0.2, 0.25) is 0 Å². The molecule has 2 aromatic heterocycles. The molecule has 0 saturated carbocycles. The van der Waals surface area contributed by atoms with Crippen LogP contribution in [0.25, 0.3) is 5.76 Å². The molecule has 1 atom stereocenters. The lowest BCUT2D eigenvalue weighted by molar-refractivity contribution is -0.140. The SMILES string of the molecule is CCOc1cccc(C(O)=C2C(=O)C(=O)N(Cc3ccncc3)[C@@H]2c2ccc(C)o2)c1. The molecule has 0 bridgehead atoms. The number of pyridine rings is 1. The number of benzene rings is 1. The van der Waals surface area contributed by atoms with Crippen LogP contribution < -0.4 is 4.74 Å². The Morgan fingerprint density at radius 2 is 1.94 bits per heavy atom. The van der Waals surface area contributed by atoms with Crippen LogP contribution in [0.4, 0.5) is 0 Å². The lowest BCUT2D eigenvalue weighted by Gasteiger charge is -2.23. The topological polar surface area (TPSA) is 92.9 Å². The van der Waals surface area contributed by atoms with Gasteiger partial charge in [-0.3, -0.25) is 14.6 Å². The van der Waals surface area contributed by atoms with Gasteiger partial charge in [0.25, 0.3) is 11.7 Å². The van der Waals surface area contributed by atoms with E-state index in [9.17, 15) is 14.7 Å². The third-order valence-electron chi connectivity index (χ3n) is 5.09. The molecule has 0 spiro atoms. The second kappa shape index (κ2) is 8.47. The summed E-state index contributed by atoms with van der Waals surface area (Å²) in [7, 11) is 0. The first-order valence-corrected chi connectivity index (χ1v) is 9.96. The van der Waals surface area contributed by atoms with E-state index in [4.69, 9.17) is 9.15 Å². The third-order valence-corrected chi connectivity index (χ3v) is 5.09. The molecule has 1 aliphatic heterocycles. The van der Waals surface area contributed by atoms with Crippen molar-refractivity contribution in [3.63, 3.8) is 0 Å². The Morgan fingerprint density at radius 3 is 2.61 bits per heavy atom. The maximum absolute atomic E-state index is 13.0. The van der Waals surface area contributed by atoms with Crippen molar-refractivity contribution >= 4 is 17.4 Å². The van der Waals surface area contributed by atoms with Crippen LogP contribution in [0.1, 0.15) is 35.6 Å². The number of carbonyl (C=O) groups is 2. The van der Waals surface area contributed by atoms with Gasteiger partial charge in [-0.1, -0.05) is 12.1 Å². The second-order valence-corrected chi connectivity index (χ2v) is 7.19. The zero-order chi connectivity index (χ0) is 22.0. The van der Waals surface area contributed by atoms with Crippen LogP contribution in [0.3, 0.4) is 0 Å². The van der Waals surface area contributed by atoms with E-state index in [1.165, 1.54) is 4.90 Å². The maximum Gasteiger partial charge on any atom is 0.296 e. The van der Waals surface area contributed by atoms with E-state index in [0.29, 0.717) is 29.4 Å². The number of likely N-dealkylation sites (tertiary alicyclic amines) is 1. The molecular formula is C24H22N2O5. The van der Waals surface area contributed by atoms with Gasteiger partial charge in [-0.05, 0) is 55.8 Å². The van der Waals surface area contributed by atoms with Crippen molar-refractivity contribution in [2.45, 2.75) is 26.4 Å². The fraction of sp³-hybridized carbons (Fsp3) is 0.208. The molecule has 0 unspecified atom stereocenters. The summed E-state index contributed by atoms with van der Waals surface area (Å²) in [5, 5.41) is 11.1. The largest absolute Gasteiger partial charge is 0.507 e. The van der Waals surface area contributed by atoms with E-state index < -0.39 is 17.7 Å². The highest BCUT2D eigenvalue weighted by Crippen LogP contribution is 2.41. The highest BCUT2D eigenvalue weighted by molar-refractivity contribution is 6.46. The first-order chi connectivity index (χ1) is 15.0. The summed E-state index contributed by atoms with van der Waals surface area (Å²) in [5.41, 5.74) is 1.19. The Hall–Kier alpha value is -3.87. The van der Waals surface area contributed by atoms with Crippen molar-refractivity contribution in [3.8, 4) is 5.75 Å². The molecule has 3 heterocycles. The predicted octanol–water partition coefficient (Wildman–Crippen LogP) is 4.00. The number of ketones is 1. The predicted molar refractivity (Wildman–Crippen MR) is 113 cm³/mol. The number of hydrogen-bond donors (Lipinski definition) is 1. The zero-order valence-corrected chi connectivity index (χ0v) is 17.2. The van der Waals surface area contributed by atoms with Crippen LogP contribution in [0.5, 0.6) is 5.75 Å². The summed E-state index contributed by atoms with van der Waals surface area (Å²) in [6.07, 6.45) is 3.24. The fourth-order valence-electron chi connectivity index (χ4n) is 3.68. The zero-order valence-electron chi connectivity index (χ0n) is 17.2. The molecule has 158 valence electrons. The summed E-state index contributed by atoms with van der Waals surface area (Å²) in [5.74, 6) is -0.110. The van der Waals surface area contributed by atoms with Crippen LogP contribution in [-0.2, 0) is 16.1 Å². The van der Waals surface area contributed by atoms with E-state index in [-0.39, 0.29) is 17.9 Å². The summed E-state index contributed by atoms with van der Waals surface area (Å²) < 4.78 is 11.3. The normalized spacial score (nSPS) is 17.9. The molecule has 3 aromatic rings. The van der Waals surface area contributed by atoms with Crippen molar-refractivity contribution in [2.24, 2.45) is 0 Å². The average Bonchev–Trinajstić information content (AvgIpc) is 3.31. The van der Waals surface area contributed by atoms with E-state index >= 15 is 0 Å². The van der Waals surface area contributed by atoms with Gasteiger partial charge in [0.1, 0.15) is 29.1 Å². The first kappa shape index (κ1) is 20.4. The standard InChI is InChI=1S/C24H22N2O5/c1-3-30-18-6-4-5-17(13-18)22(27)20-21(19-8-7-15(2)31-19)26(24(29)23(20)28)14-16-9-11-25-12-10-16/h4-13,21,27H,3,14H2,1-2H3/t21-/m1/s1. The smallest absolute Gasteiger partial charge is 0.296 e. The number of carbonyl (C=O) groups excluding carboxylic acids is 2. The fourth-order valence-corrected chi connectivity index (χ4v) is 3.68. The molecule has 0 radical (unpaired) electrons. The van der Waals surface area contributed by atoms with Gasteiger partial charge >= 0.3 is 0 Å². The highest BCUT2D eigenvalue weighted by atomic mass is 16.5. The number of furan rings is 1. The lowest BCUT2D eigenvalue weighted by atomic mass is 9.99. The molecular weight excluding hydrogens is 396 g/mol. The van der Waals surface area contributed by atoms with E-state index in [1.54, 1.807) is 67.8 Å². The molecule has 1 N–H and O–H groups in total. The maximum atomic E-state index is 13.0. The second-order valence-electron chi connectivity index (χ2n) is 7.19. The number of Topliss-reactive ketones (excluding diaryl/α,β-unsaturated/α-hetero) is 1. The molecule has 1 aliphatic rings. The van der Waals surface area contributed by atoms with E-state index in [1.807, 2.05) is 6.92 Å². The number of aliphatic hydroxyl groups excluding tert-OH is 1. The van der Waals surface area contributed by atoms with Crippen molar-refractivity contribution in [1.82, 2.24) is 9.88 Å². The quantitative estimate of drug-likeness (QED) is 0.369. The number of aromatic nitrogens is 1. The van der Waals surface area contributed by atoms with Crippen LogP contribution in [-0.4, -0.2) is 33.3 Å². The minimum absolute atomic E-state index is 0.0120. The number of aliphatic hydroxyl groups is 1. The number of aryl methyl sites for hydroxylation is 1. The summed E-state index contributed by atoms with van der Waals surface area (Å²) in [6, 6.07) is 13.0. The van der Waals surface area contributed by atoms with Crippen molar-refractivity contribution in [2.75, 3.05) is 6.61 Å². The first-order valence-electron chi connectivity index (χ1n) is 9.96. The van der Waals surface area contributed by atoms with Gasteiger partial charge in [0.15, 0.2) is 0 Å². The summed E-state index contributed by atoms with van der Waals surface area (Å²) in [4.78, 5) is 31.4. The van der Waals surface area contributed by atoms with E-state index in [0.717, 1.165) is 5.56 Å². The van der Waals surface area contributed by atoms with Gasteiger partial charge in [0.2, 0.25) is 0 Å². The van der Waals surface area contributed by atoms with Crippen LogP contribution >= 0.6 is 0 Å². The average molecular weight is 418 g/mol. The number of nitrogens with zero attached hydrogens (tertiary/aromatic N) is 2. The Balaban J connectivity index is 1.83. The van der Waals surface area contributed by atoms with Crippen molar-refractivity contribution in [3.05, 3.63) is 89.1 Å². The molecule has 1 saturated heterocycles. The van der Waals surface area contributed by atoms with Gasteiger partial charge in [-0.2, -0.15) is 0 Å². The lowest BCUT2D eigenvalue weighted by Crippen LogP contribution is -2.29. The minimum atomic E-state index is -0.849. The summed E-state index contributed by atoms with van der Waals surface area (Å²) in [6.45, 7) is 4.28. The Morgan fingerprint density at radius 1 is 1.16 bits per heavy atom. The van der Waals surface area contributed by atoms with Gasteiger partial charge in [0.05, 0.1) is 12.2 Å². The molecule has 4 rings (SSSR count). The molecule has 1 amide bonds. The third kappa shape index (κ3) is 3.94. The van der Waals surface area contributed by atoms with Crippen molar-refractivity contribution in [1.29, 1.82) is 0 Å². The summed E-state index contributed by atoms with van der Waals surface area (Å²) >= 11 is 0. The van der Waals surface area contributed by atoms with Gasteiger partial charge in [0, 0.05) is 24.5 Å². The number of hydrogen-bond acceptors (Lipinski definition) is 6. The van der Waals surface area contributed by atoms with E-state index in [2.05, 4.69) is 4.98 Å². The van der Waals surface area contributed by atoms with Gasteiger partial charge < -0.3 is 19.2 Å². The number of rotatable bonds is 6. The molecule has 0 aliphatic carbocycles. The van der Waals surface area contributed by atoms with Gasteiger partial charge in [-0.25, -0.2) is 0 Å². The van der Waals surface area contributed by atoms with Crippen LogP contribution in [0.15, 0.2) is 70.9 Å².